The quantitative estimate of drug-likeness (QED) is 0.827. The summed E-state index contributed by atoms with van der Waals surface area (Å²) in [4.78, 5) is 0.985. The van der Waals surface area contributed by atoms with E-state index in [2.05, 4.69) is 9.69 Å². The molecule has 0 saturated carbocycles. The van der Waals surface area contributed by atoms with Gasteiger partial charge in [-0.15, -0.1) is 11.8 Å². The first kappa shape index (κ1) is 13.2. The molecule has 0 unspecified atom stereocenters. The number of benzene rings is 1. The summed E-state index contributed by atoms with van der Waals surface area (Å²) in [7, 11) is 0. The van der Waals surface area contributed by atoms with Gasteiger partial charge in [-0.1, -0.05) is 12.1 Å². The molecule has 0 fully saturated rings. The molecule has 0 aliphatic rings. The second-order valence-electron chi connectivity index (χ2n) is 3.74. The summed E-state index contributed by atoms with van der Waals surface area (Å²) in [6.07, 6.45) is 2.74. The first-order valence-corrected chi connectivity index (χ1v) is 7.48. The lowest BCUT2D eigenvalue weighted by molar-refractivity contribution is 0.625. The molecular weight excluding hydrogens is 269 g/mol. The zero-order chi connectivity index (χ0) is 13.0. The zero-order valence-electron chi connectivity index (χ0n) is 9.94. The number of aromatic nitrogens is 1. The van der Waals surface area contributed by atoms with E-state index in [9.17, 15) is 4.39 Å². The van der Waals surface area contributed by atoms with Crippen molar-refractivity contribution in [2.24, 2.45) is 0 Å². The number of hydrogen-bond donors (Lipinski definition) is 2. The van der Waals surface area contributed by atoms with Gasteiger partial charge in [-0.05, 0) is 41.9 Å². The van der Waals surface area contributed by atoms with E-state index in [0.717, 1.165) is 28.4 Å². The van der Waals surface area contributed by atoms with Crippen molar-refractivity contribution < 1.29 is 4.39 Å². The van der Waals surface area contributed by atoms with Crippen LogP contribution in [0.3, 0.4) is 0 Å². The number of nitrogens with zero attached hydrogens (tertiary/aromatic N) is 1. The van der Waals surface area contributed by atoms with Gasteiger partial charge in [0.15, 0.2) is 5.82 Å². The maximum absolute atomic E-state index is 13.0. The molecule has 1 aromatic heterocycles. The Morgan fingerprint density at radius 2 is 2.33 bits per heavy atom. The van der Waals surface area contributed by atoms with Crippen molar-refractivity contribution in [3.05, 3.63) is 35.6 Å². The second kappa shape index (κ2) is 6.06. The minimum Gasteiger partial charge on any atom is -0.382 e. The van der Waals surface area contributed by atoms with Crippen molar-refractivity contribution in [1.82, 2.24) is 4.37 Å². The summed E-state index contributed by atoms with van der Waals surface area (Å²) in [6.45, 7) is 0.735. The van der Waals surface area contributed by atoms with Crippen LogP contribution in [-0.2, 0) is 6.42 Å². The number of nitrogens with two attached hydrogens (primary N) is 1. The monoisotopic (exact) mass is 283 g/mol. The Kier molecular flexibility index (Phi) is 4.43. The third-order valence-electron chi connectivity index (χ3n) is 2.47. The fraction of sp³-hybridized carbons (Fsp3) is 0.250. The Morgan fingerprint density at radius 1 is 1.50 bits per heavy atom. The summed E-state index contributed by atoms with van der Waals surface area (Å²) in [5, 5.41) is 4.27. The fourth-order valence-electron chi connectivity index (χ4n) is 1.62. The Morgan fingerprint density at radius 3 is 3.06 bits per heavy atom. The van der Waals surface area contributed by atoms with Gasteiger partial charge in [0.1, 0.15) is 10.8 Å². The SMILES string of the molecule is CSc1c(N)nsc1NCCc1cccc(F)c1. The van der Waals surface area contributed by atoms with Crippen molar-refractivity contribution in [2.45, 2.75) is 11.3 Å². The van der Waals surface area contributed by atoms with Gasteiger partial charge in [0.25, 0.3) is 0 Å². The molecule has 2 aromatic rings. The van der Waals surface area contributed by atoms with Crippen molar-refractivity contribution in [3.8, 4) is 0 Å². The van der Waals surface area contributed by atoms with Crippen LogP contribution in [-0.4, -0.2) is 17.2 Å². The van der Waals surface area contributed by atoms with Crippen LogP contribution in [0.15, 0.2) is 29.2 Å². The van der Waals surface area contributed by atoms with Crippen molar-refractivity contribution >= 4 is 34.1 Å². The predicted octanol–water partition coefficient (Wildman–Crippen LogP) is 3.24. The fourth-order valence-corrected chi connectivity index (χ4v) is 3.18. The zero-order valence-corrected chi connectivity index (χ0v) is 11.6. The average molecular weight is 283 g/mol. The molecule has 0 aliphatic heterocycles. The highest BCUT2D eigenvalue weighted by molar-refractivity contribution is 7.99. The van der Waals surface area contributed by atoms with Gasteiger partial charge >= 0.3 is 0 Å². The number of anilines is 2. The van der Waals surface area contributed by atoms with Crippen LogP contribution in [0.1, 0.15) is 5.56 Å². The molecule has 2 rings (SSSR count). The Bertz CT molecular complexity index is 528. The first-order valence-electron chi connectivity index (χ1n) is 5.48. The van der Waals surface area contributed by atoms with Crippen LogP contribution in [0.2, 0.25) is 0 Å². The number of nitrogens with one attached hydrogen (secondary N) is 1. The Balaban J connectivity index is 1.92. The molecule has 1 aromatic carbocycles. The van der Waals surface area contributed by atoms with Crippen LogP contribution < -0.4 is 11.1 Å². The maximum atomic E-state index is 13.0. The molecule has 0 saturated heterocycles. The van der Waals surface area contributed by atoms with Crippen molar-refractivity contribution in [1.29, 1.82) is 0 Å². The third kappa shape index (κ3) is 3.14. The topological polar surface area (TPSA) is 50.9 Å². The summed E-state index contributed by atoms with van der Waals surface area (Å²) in [5.74, 6) is 0.375. The van der Waals surface area contributed by atoms with Crippen LogP contribution in [0.5, 0.6) is 0 Å². The molecule has 0 bridgehead atoms. The standard InChI is InChI=1S/C12H14FN3S2/c1-17-10-11(14)16-18-12(10)15-6-5-8-3-2-4-9(13)7-8/h2-4,7,15H,5-6H2,1H3,(H2,14,16). The van der Waals surface area contributed by atoms with Crippen LogP contribution >= 0.6 is 23.3 Å². The minimum absolute atomic E-state index is 0.195. The Labute approximate surface area is 114 Å². The van der Waals surface area contributed by atoms with Gasteiger partial charge in [0.2, 0.25) is 0 Å². The third-order valence-corrected chi connectivity index (χ3v) is 4.24. The van der Waals surface area contributed by atoms with E-state index in [1.165, 1.54) is 17.6 Å². The highest BCUT2D eigenvalue weighted by Gasteiger charge is 2.09. The van der Waals surface area contributed by atoms with Gasteiger partial charge in [-0.3, -0.25) is 0 Å². The van der Waals surface area contributed by atoms with Gasteiger partial charge in [0, 0.05) is 6.54 Å². The number of nitrogen functional groups attached to an aromatic ring is 1. The highest BCUT2D eigenvalue weighted by Crippen LogP contribution is 2.34. The van der Waals surface area contributed by atoms with Crippen molar-refractivity contribution in [2.75, 3.05) is 23.9 Å². The molecule has 3 N–H and O–H groups in total. The summed E-state index contributed by atoms with van der Waals surface area (Å²) >= 11 is 2.94. The molecular formula is C12H14FN3S2. The molecule has 0 radical (unpaired) electrons. The van der Waals surface area contributed by atoms with E-state index >= 15 is 0 Å². The minimum atomic E-state index is -0.195. The lowest BCUT2D eigenvalue weighted by atomic mass is 10.1. The average Bonchev–Trinajstić information content (AvgIpc) is 2.70. The Hall–Kier alpha value is -1.27. The van der Waals surface area contributed by atoms with E-state index < -0.39 is 0 Å². The van der Waals surface area contributed by atoms with E-state index in [1.54, 1.807) is 23.9 Å². The van der Waals surface area contributed by atoms with E-state index in [4.69, 9.17) is 5.73 Å². The lowest BCUT2D eigenvalue weighted by Gasteiger charge is -2.05. The molecule has 18 heavy (non-hydrogen) atoms. The van der Waals surface area contributed by atoms with Gasteiger partial charge in [0.05, 0.1) is 4.90 Å². The maximum Gasteiger partial charge on any atom is 0.153 e. The van der Waals surface area contributed by atoms with Gasteiger partial charge in [-0.2, -0.15) is 4.37 Å². The normalized spacial score (nSPS) is 10.6. The van der Waals surface area contributed by atoms with E-state index in [1.807, 2.05) is 12.3 Å². The molecule has 0 atom stereocenters. The second-order valence-corrected chi connectivity index (χ2v) is 5.33. The van der Waals surface area contributed by atoms with Gasteiger partial charge in [-0.25, -0.2) is 4.39 Å². The molecule has 6 heteroatoms. The summed E-state index contributed by atoms with van der Waals surface area (Å²) in [5.41, 5.74) is 6.72. The van der Waals surface area contributed by atoms with E-state index in [0.29, 0.717) is 5.82 Å². The number of thioether (sulfide) groups is 1. The van der Waals surface area contributed by atoms with Crippen molar-refractivity contribution in [3.63, 3.8) is 0 Å². The molecule has 96 valence electrons. The van der Waals surface area contributed by atoms with Crippen LogP contribution in [0, 0.1) is 5.82 Å². The van der Waals surface area contributed by atoms with Crippen LogP contribution in [0.4, 0.5) is 15.2 Å². The van der Waals surface area contributed by atoms with Crippen LogP contribution in [0.25, 0.3) is 0 Å². The lowest BCUT2D eigenvalue weighted by Crippen LogP contribution is -2.04. The molecule has 0 spiro atoms. The summed E-state index contributed by atoms with van der Waals surface area (Å²) < 4.78 is 17.1. The number of halogens is 1. The smallest absolute Gasteiger partial charge is 0.153 e. The molecule has 0 aliphatic carbocycles. The molecule has 3 nitrogen and oxygen atoms in total. The molecule has 1 heterocycles. The predicted molar refractivity (Wildman–Crippen MR) is 76.9 cm³/mol. The first-order chi connectivity index (χ1) is 8.70. The number of rotatable bonds is 5. The summed E-state index contributed by atoms with van der Waals surface area (Å²) in [6, 6.07) is 6.65. The number of hydrogen-bond acceptors (Lipinski definition) is 5. The van der Waals surface area contributed by atoms with Gasteiger partial charge < -0.3 is 11.1 Å². The molecule has 0 amide bonds. The largest absolute Gasteiger partial charge is 0.382 e. The van der Waals surface area contributed by atoms with E-state index in [-0.39, 0.29) is 5.82 Å². The highest BCUT2D eigenvalue weighted by atomic mass is 32.2.